The predicted molar refractivity (Wildman–Crippen MR) is 74.2 cm³/mol. The minimum Gasteiger partial charge on any atom is -0.330 e. The third kappa shape index (κ3) is 4.84. The van der Waals surface area contributed by atoms with Crippen molar-refractivity contribution in [2.45, 2.75) is 19.8 Å². The van der Waals surface area contributed by atoms with Gasteiger partial charge in [0.05, 0.1) is 15.6 Å². The van der Waals surface area contributed by atoms with Crippen molar-refractivity contribution in [3.05, 3.63) is 33.3 Å². The molecule has 6 nitrogen and oxygen atoms in total. The summed E-state index contributed by atoms with van der Waals surface area (Å²) in [5.74, 6) is 0.0918. The first kappa shape index (κ1) is 15.4. The fourth-order valence-electron chi connectivity index (χ4n) is 1.43. The lowest BCUT2D eigenvalue weighted by atomic mass is 10.1. The summed E-state index contributed by atoms with van der Waals surface area (Å²) in [6.45, 7) is 2.50. The highest BCUT2D eigenvalue weighted by atomic mass is 35.5. The molecular formula is C12H16ClN3O3. The number of nitrogens with two attached hydrogens (primary N) is 1. The molecule has 104 valence electrons. The smallest absolute Gasteiger partial charge is 0.271 e. The summed E-state index contributed by atoms with van der Waals surface area (Å²) in [6.07, 6.45) is 1.03. The molecule has 1 amide bonds. The van der Waals surface area contributed by atoms with Crippen LogP contribution in [0.1, 0.15) is 19.8 Å². The second-order valence-corrected chi connectivity index (χ2v) is 4.76. The SMILES string of the molecule is CC(CN)CCC(=O)Nc1ccc([N+](=O)[O-])cc1Cl. The van der Waals surface area contributed by atoms with Crippen LogP contribution in [0, 0.1) is 16.0 Å². The highest BCUT2D eigenvalue weighted by molar-refractivity contribution is 6.33. The molecule has 0 spiro atoms. The largest absolute Gasteiger partial charge is 0.330 e. The Morgan fingerprint density at radius 3 is 2.79 bits per heavy atom. The van der Waals surface area contributed by atoms with Gasteiger partial charge in [-0.15, -0.1) is 0 Å². The minimum absolute atomic E-state index is 0.111. The van der Waals surface area contributed by atoms with E-state index in [0.29, 0.717) is 25.1 Å². The Bertz CT molecular complexity index is 479. The quantitative estimate of drug-likeness (QED) is 0.620. The van der Waals surface area contributed by atoms with E-state index >= 15 is 0 Å². The molecule has 1 aromatic rings. The number of amides is 1. The number of carbonyl (C=O) groups excluding carboxylic acids is 1. The molecular weight excluding hydrogens is 270 g/mol. The molecule has 0 aliphatic heterocycles. The van der Waals surface area contributed by atoms with Crippen LogP contribution in [0.2, 0.25) is 5.02 Å². The number of nitrogens with one attached hydrogen (secondary N) is 1. The number of nitro groups is 1. The Kier molecular flexibility index (Phi) is 5.72. The Labute approximate surface area is 116 Å². The summed E-state index contributed by atoms with van der Waals surface area (Å²) in [6, 6.07) is 3.93. The molecule has 0 radical (unpaired) electrons. The zero-order valence-electron chi connectivity index (χ0n) is 10.6. The van der Waals surface area contributed by atoms with Crippen LogP contribution >= 0.6 is 11.6 Å². The molecule has 0 saturated heterocycles. The first-order chi connectivity index (χ1) is 8.93. The summed E-state index contributed by atoms with van der Waals surface area (Å²) in [7, 11) is 0. The Hall–Kier alpha value is -1.66. The second kappa shape index (κ2) is 7.06. The third-order valence-electron chi connectivity index (χ3n) is 2.70. The highest BCUT2D eigenvalue weighted by Crippen LogP contribution is 2.26. The van der Waals surface area contributed by atoms with Crippen LogP contribution in [0.3, 0.4) is 0 Å². The first-order valence-electron chi connectivity index (χ1n) is 5.88. The molecule has 0 aliphatic carbocycles. The van der Waals surface area contributed by atoms with Crippen molar-refractivity contribution < 1.29 is 9.72 Å². The molecule has 1 unspecified atom stereocenters. The molecule has 7 heteroatoms. The van der Waals surface area contributed by atoms with Crippen LogP contribution in [0.5, 0.6) is 0 Å². The van der Waals surface area contributed by atoms with Crippen molar-refractivity contribution in [1.82, 2.24) is 0 Å². The van der Waals surface area contributed by atoms with Gasteiger partial charge in [-0.3, -0.25) is 14.9 Å². The zero-order chi connectivity index (χ0) is 14.4. The Morgan fingerprint density at radius 1 is 1.58 bits per heavy atom. The van der Waals surface area contributed by atoms with E-state index in [4.69, 9.17) is 17.3 Å². The molecule has 1 atom stereocenters. The van der Waals surface area contributed by atoms with E-state index in [-0.39, 0.29) is 22.5 Å². The summed E-state index contributed by atoms with van der Waals surface area (Å²) >= 11 is 5.87. The van der Waals surface area contributed by atoms with Crippen LogP contribution in [0.4, 0.5) is 11.4 Å². The minimum atomic E-state index is -0.541. The van der Waals surface area contributed by atoms with E-state index in [1.807, 2.05) is 6.92 Å². The number of halogens is 1. The number of anilines is 1. The Morgan fingerprint density at radius 2 is 2.26 bits per heavy atom. The molecule has 0 aromatic heterocycles. The number of benzene rings is 1. The summed E-state index contributed by atoms with van der Waals surface area (Å²) < 4.78 is 0. The lowest BCUT2D eigenvalue weighted by molar-refractivity contribution is -0.384. The van der Waals surface area contributed by atoms with Crippen LogP contribution in [0.25, 0.3) is 0 Å². The lowest BCUT2D eigenvalue weighted by Crippen LogP contribution is -2.16. The van der Waals surface area contributed by atoms with E-state index in [0.717, 1.165) is 0 Å². The molecule has 3 N–H and O–H groups in total. The van der Waals surface area contributed by atoms with Gasteiger partial charge in [0.15, 0.2) is 0 Å². The molecule has 0 heterocycles. The van der Waals surface area contributed by atoms with Gasteiger partial charge in [0.2, 0.25) is 5.91 Å². The molecule has 0 bridgehead atoms. The van der Waals surface area contributed by atoms with Gasteiger partial charge in [-0.25, -0.2) is 0 Å². The third-order valence-corrected chi connectivity index (χ3v) is 3.02. The second-order valence-electron chi connectivity index (χ2n) is 4.35. The molecule has 19 heavy (non-hydrogen) atoms. The average molecular weight is 286 g/mol. The highest BCUT2D eigenvalue weighted by Gasteiger charge is 2.12. The Balaban J connectivity index is 2.62. The summed E-state index contributed by atoms with van der Waals surface area (Å²) in [5.41, 5.74) is 5.72. The molecule has 0 aliphatic rings. The number of non-ortho nitro benzene ring substituents is 1. The number of nitro benzene ring substituents is 1. The van der Waals surface area contributed by atoms with Gasteiger partial charge >= 0.3 is 0 Å². The normalized spacial score (nSPS) is 11.9. The summed E-state index contributed by atoms with van der Waals surface area (Å²) in [5, 5.41) is 13.3. The number of nitrogens with zero attached hydrogens (tertiary/aromatic N) is 1. The fraction of sp³-hybridized carbons (Fsp3) is 0.417. The number of rotatable bonds is 6. The lowest BCUT2D eigenvalue weighted by Gasteiger charge is -2.09. The molecule has 1 rings (SSSR count). The number of hydrogen-bond acceptors (Lipinski definition) is 4. The van der Waals surface area contributed by atoms with Crippen molar-refractivity contribution in [3.63, 3.8) is 0 Å². The van der Waals surface area contributed by atoms with Gasteiger partial charge in [-0.05, 0) is 24.9 Å². The van der Waals surface area contributed by atoms with Crippen LogP contribution in [-0.2, 0) is 4.79 Å². The number of hydrogen-bond donors (Lipinski definition) is 2. The average Bonchev–Trinajstić information content (AvgIpc) is 2.38. The van der Waals surface area contributed by atoms with Gasteiger partial charge in [0, 0.05) is 18.6 Å². The van der Waals surface area contributed by atoms with E-state index in [1.54, 1.807) is 0 Å². The maximum absolute atomic E-state index is 11.7. The van der Waals surface area contributed by atoms with Gasteiger partial charge in [-0.2, -0.15) is 0 Å². The maximum atomic E-state index is 11.7. The molecule has 0 saturated carbocycles. The predicted octanol–water partition coefficient (Wildman–Crippen LogP) is 2.56. The monoisotopic (exact) mass is 285 g/mol. The maximum Gasteiger partial charge on any atom is 0.271 e. The van der Waals surface area contributed by atoms with E-state index < -0.39 is 4.92 Å². The standard InChI is InChI=1S/C12H16ClN3O3/c1-8(7-14)2-5-12(17)15-11-4-3-9(16(18)19)6-10(11)13/h3-4,6,8H,2,5,7,14H2,1H3,(H,15,17). The molecule has 1 aromatic carbocycles. The van der Waals surface area contributed by atoms with E-state index in [1.165, 1.54) is 18.2 Å². The van der Waals surface area contributed by atoms with Crippen LogP contribution in [0.15, 0.2) is 18.2 Å². The van der Waals surface area contributed by atoms with Crippen molar-refractivity contribution >= 4 is 28.9 Å². The van der Waals surface area contributed by atoms with Gasteiger partial charge in [0.1, 0.15) is 0 Å². The van der Waals surface area contributed by atoms with Gasteiger partial charge < -0.3 is 11.1 Å². The molecule has 0 fully saturated rings. The van der Waals surface area contributed by atoms with E-state index in [9.17, 15) is 14.9 Å². The van der Waals surface area contributed by atoms with Crippen LogP contribution < -0.4 is 11.1 Å². The van der Waals surface area contributed by atoms with Crippen LogP contribution in [-0.4, -0.2) is 17.4 Å². The van der Waals surface area contributed by atoms with E-state index in [2.05, 4.69) is 5.32 Å². The van der Waals surface area contributed by atoms with Crippen molar-refractivity contribution in [2.24, 2.45) is 11.7 Å². The fourth-order valence-corrected chi connectivity index (χ4v) is 1.65. The van der Waals surface area contributed by atoms with Crippen molar-refractivity contribution in [2.75, 3.05) is 11.9 Å². The van der Waals surface area contributed by atoms with Gasteiger partial charge in [0.25, 0.3) is 5.69 Å². The zero-order valence-corrected chi connectivity index (χ0v) is 11.3. The first-order valence-corrected chi connectivity index (χ1v) is 6.25. The van der Waals surface area contributed by atoms with Gasteiger partial charge in [-0.1, -0.05) is 18.5 Å². The van der Waals surface area contributed by atoms with Crippen molar-refractivity contribution in [3.8, 4) is 0 Å². The summed E-state index contributed by atoms with van der Waals surface area (Å²) in [4.78, 5) is 21.7. The topological polar surface area (TPSA) is 98.3 Å². The number of carbonyl (C=O) groups is 1. The van der Waals surface area contributed by atoms with Crippen molar-refractivity contribution in [1.29, 1.82) is 0 Å².